The van der Waals surface area contributed by atoms with Crippen molar-refractivity contribution in [1.29, 1.82) is 0 Å². The van der Waals surface area contributed by atoms with Gasteiger partial charge in [-0.3, -0.25) is 10.1 Å². The van der Waals surface area contributed by atoms with Gasteiger partial charge < -0.3 is 19.1 Å². The van der Waals surface area contributed by atoms with E-state index in [9.17, 15) is 20.0 Å². The minimum atomic E-state index is -0.632. The van der Waals surface area contributed by atoms with Crippen LogP contribution >= 0.6 is 23.5 Å². The second kappa shape index (κ2) is 13.9. The first kappa shape index (κ1) is 31.7. The molecule has 9 nitrogen and oxygen atoms in total. The summed E-state index contributed by atoms with van der Waals surface area (Å²) in [5, 5.41) is 22.5. The van der Waals surface area contributed by atoms with Crippen LogP contribution < -0.4 is 4.74 Å². The van der Waals surface area contributed by atoms with Gasteiger partial charge in [0.2, 0.25) is 0 Å². The van der Waals surface area contributed by atoms with Crippen molar-refractivity contribution in [1.82, 2.24) is 4.57 Å². The average molecular weight is 642 g/mol. The predicted molar refractivity (Wildman–Crippen MR) is 179 cm³/mol. The fourth-order valence-corrected chi connectivity index (χ4v) is 6.64. The Morgan fingerprint density at radius 1 is 1.00 bits per heavy atom. The van der Waals surface area contributed by atoms with Gasteiger partial charge in [0.25, 0.3) is 5.69 Å². The van der Waals surface area contributed by atoms with Gasteiger partial charge in [-0.15, -0.1) is 0 Å². The molecule has 11 heteroatoms. The fraction of sp³-hybridized carbons (Fsp3) is 0.176. The molecule has 0 atom stereocenters. The molecular formula is C34H31N3O6S2. The average Bonchev–Trinajstić information content (AvgIpc) is 3.48. The van der Waals surface area contributed by atoms with E-state index in [0.717, 1.165) is 38.2 Å². The van der Waals surface area contributed by atoms with E-state index < -0.39 is 10.9 Å². The monoisotopic (exact) mass is 641 g/mol. The van der Waals surface area contributed by atoms with Crippen LogP contribution in [0.1, 0.15) is 30.8 Å². The van der Waals surface area contributed by atoms with Crippen LogP contribution in [0.2, 0.25) is 0 Å². The number of ether oxygens (including phenoxy) is 2. The molecule has 0 saturated carbocycles. The first-order valence-electron chi connectivity index (χ1n) is 14.2. The maximum Gasteiger partial charge on any atom is 0.344 e. The summed E-state index contributed by atoms with van der Waals surface area (Å²) < 4.78 is 12.9. The van der Waals surface area contributed by atoms with Gasteiger partial charge in [-0.05, 0) is 106 Å². The zero-order valence-corrected chi connectivity index (χ0v) is 26.8. The number of aryl methyl sites for hydroxylation is 1. The zero-order valence-electron chi connectivity index (χ0n) is 25.1. The molecule has 45 heavy (non-hydrogen) atoms. The molecule has 0 amide bonds. The highest BCUT2D eigenvalue weighted by molar-refractivity contribution is 8.18. The Bertz CT molecular complexity index is 1820. The van der Waals surface area contributed by atoms with Crippen LogP contribution in [-0.4, -0.2) is 38.8 Å². The summed E-state index contributed by atoms with van der Waals surface area (Å²) in [5.41, 5.74) is 4.52. The number of nitrogens with zero attached hydrogens (tertiary/aromatic N) is 3. The van der Waals surface area contributed by atoms with Gasteiger partial charge in [-0.1, -0.05) is 23.5 Å². The van der Waals surface area contributed by atoms with Gasteiger partial charge in [-0.2, -0.15) is 0 Å². The number of nitro groups is 1. The van der Waals surface area contributed by atoms with Crippen LogP contribution in [0, 0.1) is 24.0 Å². The van der Waals surface area contributed by atoms with Gasteiger partial charge in [0, 0.05) is 39.0 Å². The summed E-state index contributed by atoms with van der Waals surface area (Å²) >= 11 is 2.74. The van der Waals surface area contributed by atoms with Crippen LogP contribution in [0.15, 0.2) is 110 Å². The predicted octanol–water partition coefficient (Wildman–Crippen LogP) is 8.75. The lowest BCUT2D eigenvalue weighted by molar-refractivity contribution is -0.384. The molecule has 4 aromatic rings. The van der Waals surface area contributed by atoms with Gasteiger partial charge in [0.05, 0.1) is 28.7 Å². The number of aliphatic imine (C=N–C) groups is 1. The maximum absolute atomic E-state index is 12.9. The van der Waals surface area contributed by atoms with Crippen molar-refractivity contribution in [3.63, 3.8) is 0 Å². The molecule has 0 radical (unpaired) electrons. The van der Waals surface area contributed by atoms with E-state index in [0.29, 0.717) is 22.2 Å². The second-order valence-corrected chi connectivity index (χ2v) is 12.1. The Morgan fingerprint density at radius 3 is 2.24 bits per heavy atom. The Balaban J connectivity index is 1.41. The number of hydrogen-bond acceptors (Lipinski definition) is 9. The highest BCUT2D eigenvalue weighted by Crippen LogP contribution is 2.41. The third kappa shape index (κ3) is 7.16. The van der Waals surface area contributed by atoms with E-state index in [1.165, 1.54) is 35.7 Å². The van der Waals surface area contributed by atoms with E-state index in [2.05, 4.69) is 9.56 Å². The van der Waals surface area contributed by atoms with Crippen LogP contribution in [0.5, 0.6) is 5.75 Å². The Labute approximate surface area is 269 Å². The van der Waals surface area contributed by atoms with Crippen LogP contribution in [0.3, 0.4) is 0 Å². The normalized spacial score (nSPS) is 14.8. The van der Waals surface area contributed by atoms with Crippen LogP contribution in [0.25, 0.3) is 11.8 Å². The molecule has 1 aliphatic heterocycles. The van der Waals surface area contributed by atoms with Crippen molar-refractivity contribution in [3.05, 3.63) is 122 Å². The largest absolute Gasteiger partial charge is 0.506 e. The van der Waals surface area contributed by atoms with Crippen molar-refractivity contribution in [3.8, 4) is 11.4 Å². The molecule has 1 aromatic heterocycles. The summed E-state index contributed by atoms with van der Waals surface area (Å²) in [6.45, 7) is 8.36. The van der Waals surface area contributed by atoms with Gasteiger partial charge in [-0.25, -0.2) is 9.79 Å². The second-order valence-electron chi connectivity index (χ2n) is 9.91. The van der Waals surface area contributed by atoms with Gasteiger partial charge in [0.15, 0.2) is 0 Å². The molecule has 2 heterocycles. The quantitative estimate of drug-likeness (QED) is 0.104. The molecule has 0 aliphatic carbocycles. The number of hydrogen-bond donors (Lipinski definition) is 1. The lowest BCUT2D eigenvalue weighted by Gasteiger charge is -2.11. The number of aliphatic hydroxyl groups is 1. The van der Waals surface area contributed by atoms with Crippen molar-refractivity contribution >= 4 is 52.0 Å². The Morgan fingerprint density at radius 2 is 1.64 bits per heavy atom. The molecular weight excluding hydrogens is 611 g/mol. The highest BCUT2D eigenvalue weighted by Gasteiger charge is 2.33. The number of esters is 1. The number of nitro benzene ring substituents is 1. The van der Waals surface area contributed by atoms with E-state index in [1.807, 2.05) is 69.3 Å². The number of non-ortho nitro benzene ring substituents is 1. The first-order chi connectivity index (χ1) is 21.7. The number of benzene rings is 3. The van der Waals surface area contributed by atoms with Crippen molar-refractivity contribution in [2.24, 2.45) is 4.99 Å². The van der Waals surface area contributed by atoms with E-state index in [1.54, 1.807) is 31.2 Å². The van der Waals surface area contributed by atoms with Crippen molar-refractivity contribution < 1.29 is 24.3 Å². The van der Waals surface area contributed by atoms with Gasteiger partial charge >= 0.3 is 5.97 Å². The highest BCUT2D eigenvalue weighted by atomic mass is 32.2. The Hall–Kier alpha value is -4.74. The number of aliphatic hydroxyl groups excluding tert-OH is 1. The van der Waals surface area contributed by atoms with Gasteiger partial charge in [0.1, 0.15) is 22.1 Å². The summed E-state index contributed by atoms with van der Waals surface area (Å²) in [7, 11) is 0. The number of aromatic nitrogens is 1. The molecule has 0 saturated heterocycles. The van der Waals surface area contributed by atoms with Crippen molar-refractivity contribution in [2.75, 3.05) is 13.2 Å². The minimum Gasteiger partial charge on any atom is -0.506 e. The van der Waals surface area contributed by atoms with Crippen LogP contribution in [0.4, 0.5) is 11.4 Å². The Kier molecular flexibility index (Phi) is 9.80. The summed E-state index contributed by atoms with van der Waals surface area (Å²) in [4.78, 5) is 30.5. The number of rotatable bonds is 10. The SMILES string of the molecule is CCOC(=O)C1=C(O)/C(=C/c2cc(C)n(-c3ccc(Sc4ccc([N+](=O)[O-])cc4)cc3)c2C)SC1=Nc1ccc(OCC)cc1. The molecule has 0 bridgehead atoms. The number of carbonyl (C=O) groups is 1. The smallest absolute Gasteiger partial charge is 0.344 e. The fourth-order valence-electron chi connectivity index (χ4n) is 4.80. The molecule has 0 unspecified atom stereocenters. The summed E-state index contributed by atoms with van der Waals surface area (Å²) in [5.74, 6) is -0.0772. The zero-order chi connectivity index (χ0) is 32.1. The van der Waals surface area contributed by atoms with E-state index in [-0.39, 0.29) is 23.6 Å². The molecule has 1 aliphatic rings. The topological polar surface area (TPSA) is 116 Å². The summed E-state index contributed by atoms with van der Waals surface area (Å²) in [6.07, 6.45) is 1.86. The van der Waals surface area contributed by atoms with E-state index in [4.69, 9.17) is 9.47 Å². The first-order valence-corrected chi connectivity index (χ1v) is 15.9. The molecule has 0 fully saturated rings. The lowest BCUT2D eigenvalue weighted by Crippen LogP contribution is -2.12. The number of thioether (sulfide) groups is 1. The number of carbonyl (C=O) groups excluding carboxylic acids is 1. The molecule has 1 N–H and O–H groups in total. The third-order valence-electron chi connectivity index (χ3n) is 6.88. The molecule has 3 aromatic carbocycles. The lowest BCUT2D eigenvalue weighted by atomic mass is 10.2. The van der Waals surface area contributed by atoms with Crippen LogP contribution in [-0.2, 0) is 9.53 Å². The standard InChI is InChI=1S/C34H31N3O6S2/c1-5-42-27-13-7-24(8-14-27)35-33-31(34(39)43-6-2)32(38)30(45-33)20-23-19-21(3)36(22(23)4)25-9-15-28(16-10-25)44-29-17-11-26(12-18-29)37(40)41/h7-20,38H,5-6H2,1-4H3/b30-20-,35-33?. The molecule has 5 rings (SSSR count). The summed E-state index contributed by atoms with van der Waals surface area (Å²) in [6, 6.07) is 23.8. The van der Waals surface area contributed by atoms with Crippen molar-refractivity contribution in [2.45, 2.75) is 37.5 Å². The van der Waals surface area contributed by atoms with E-state index >= 15 is 0 Å². The third-order valence-corrected chi connectivity index (χ3v) is 8.92. The molecule has 230 valence electrons. The maximum atomic E-state index is 12.9. The molecule has 0 spiro atoms. The minimum absolute atomic E-state index is 0.0388.